The number of likely N-dealkylation sites (tertiary alicyclic amines) is 2. The molecule has 2 fully saturated rings. The maximum atomic E-state index is 13.9. The van der Waals surface area contributed by atoms with Crippen molar-refractivity contribution in [3.63, 3.8) is 0 Å². The van der Waals surface area contributed by atoms with E-state index in [2.05, 4.69) is 25.7 Å². The number of fused-ring (bicyclic) bond motifs is 2. The summed E-state index contributed by atoms with van der Waals surface area (Å²) in [5.74, 6) is -3.99. The SMILES string of the molecule is CCc1nc(C)oc1C(=O)Nc1nc2cc(C(N)=O)cc(OCCC3CN(C(=O)CCN4C(=O)CC(SC[C@H](N)C(=O)O)C4=O)C3)c2n1C/C=C/Cn1c(NC(=O)c2cc(C)nn2CC)nc2cc(C(N)=O)cc(OC)c21. The number of methoxy groups -OCH3 is 1. The van der Waals surface area contributed by atoms with Crippen LogP contribution >= 0.6 is 11.8 Å². The summed E-state index contributed by atoms with van der Waals surface area (Å²) in [4.78, 5) is 119. The van der Waals surface area contributed by atoms with Crippen LogP contribution in [0.4, 0.5) is 11.9 Å². The highest BCUT2D eigenvalue weighted by molar-refractivity contribution is 8.00. The molecular formula is C50H58N14O12S. The molecule has 2 aliphatic heterocycles. The number of anilines is 2. The number of benzene rings is 2. The molecular weight excluding hydrogens is 1020 g/mol. The zero-order valence-electron chi connectivity index (χ0n) is 42.9. The van der Waals surface area contributed by atoms with Crippen LogP contribution in [0.5, 0.6) is 11.5 Å². The Balaban J connectivity index is 1.02. The molecule has 6 heterocycles. The second kappa shape index (κ2) is 23.1. The minimum absolute atomic E-state index is 0.00467. The van der Waals surface area contributed by atoms with Crippen molar-refractivity contribution in [3.05, 3.63) is 82.3 Å². The van der Waals surface area contributed by atoms with Crippen LogP contribution in [0.15, 0.2) is 46.9 Å². The number of nitrogens with zero attached hydrogens (tertiary/aromatic N) is 9. The van der Waals surface area contributed by atoms with E-state index >= 15 is 0 Å². The van der Waals surface area contributed by atoms with Crippen molar-refractivity contribution in [2.45, 2.75) is 84.3 Å². The van der Waals surface area contributed by atoms with E-state index in [4.69, 9.17) is 41.2 Å². The van der Waals surface area contributed by atoms with Crippen LogP contribution < -0.4 is 37.3 Å². The summed E-state index contributed by atoms with van der Waals surface area (Å²) < 4.78 is 22.7. The Labute approximate surface area is 443 Å². The first-order valence-electron chi connectivity index (χ1n) is 24.6. The number of nitrogens with two attached hydrogens (primary N) is 3. The number of aliphatic carboxylic acids is 1. The summed E-state index contributed by atoms with van der Waals surface area (Å²) in [7, 11) is 1.43. The Morgan fingerprint density at radius 1 is 0.883 bits per heavy atom. The van der Waals surface area contributed by atoms with Crippen LogP contribution in [0.1, 0.15) is 92.1 Å². The van der Waals surface area contributed by atoms with Crippen LogP contribution in [-0.2, 0) is 45.2 Å². The van der Waals surface area contributed by atoms with Crippen molar-refractivity contribution in [1.29, 1.82) is 0 Å². The number of allylic oxidation sites excluding steroid dienone is 2. The van der Waals surface area contributed by atoms with Gasteiger partial charge < -0.3 is 50.2 Å². The summed E-state index contributed by atoms with van der Waals surface area (Å²) in [6.07, 6.45) is 4.28. The van der Waals surface area contributed by atoms with Gasteiger partial charge in [0.25, 0.3) is 11.8 Å². The number of hydrogen-bond donors (Lipinski definition) is 6. The van der Waals surface area contributed by atoms with Crippen molar-refractivity contribution in [2.75, 3.05) is 49.7 Å². The van der Waals surface area contributed by atoms with Gasteiger partial charge >= 0.3 is 5.97 Å². The number of oxazole rings is 1. The van der Waals surface area contributed by atoms with Gasteiger partial charge in [-0.1, -0.05) is 19.1 Å². The molecule has 8 rings (SSSR count). The second-order valence-electron chi connectivity index (χ2n) is 18.3. The number of ether oxygens (including phenoxy) is 2. The van der Waals surface area contributed by atoms with Crippen LogP contribution in [0.2, 0.25) is 0 Å². The number of primary amides is 2. The molecule has 7 amide bonds. The van der Waals surface area contributed by atoms with Crippen LogP contribution in [0.25, 0.3) is 22.1 Å². The van der Waals surface area contributed by atoms with Crippen molar-refractivity contribution in [1.82, 2.24) is 43.7 Å². The van der Waals surface area contributed by atoms with Gasteiger partial charge in [0.05, 0.1) is 41.4 Å². The van der Waals surface area contributed by atoms with Crippen molar-refractivity contribution in [2.24, 2.45) is 23.1 Å². The van der Waals surface area contributed by atoms with E-state index in [1.54, 1.807) is 50.8 Å². The van der Waals surface area contributed by atoms with Gasteiger partial charge in [0.2, 0.25) is 47.2 Å². The molecule has 0 spiro atoms. The van der Waals surface area contributed by atoms with Gasteiger partial charge in [-0.2, -0.15) is 5.10 Å². The number of thioether (sulfide) groups is 1. The highest BCUT2D eigenvalue weighted by atomic mass is 32.2. The lowest BCUT2D eigenvalue weighted by molar-refractivity contribution is -0.142. The Morgan fingerprint density at radius 3 is 2.08 bits per heavy atom. The van der Waals surface area contributed by atoms with Gasteiger partial charge in [0, 0.05) is 75.9 Å². The highest BCUT2D eigenvalue weighted by Crippen LogP contribution is 2.34. The molecule has 27 heteroatoms. The molecule has 2 aromatic carbocycles. The van der Waals surface area contributed by atoms with E-state index in [1.165, 1.54) is 31.4 Å². The van der Waals surface area contributed by atoms with Gasteiger partial charge in [0.15, 0.2) is 5.89 Å². The first-order chi connectivity index (χ1) is 36.8. The fourth-order valence-corrected chi connectivity index (χ4v) is 10.2. The van der Waals surface area contributed by atoms with Gasteiger partial charge in [-0.25, -0.2) is 15.0 Å². The normalized spacial score (nSPS) is 15.2. The molecule has 6 aromatic rings. The minimum atomic E-state index is -1.21. The first-order valence-corrected chi connectivity index (χ1v) is 25.7. The Hall–Kier alpha value is -8.59. The van der Waals surface area contributed by atoms with Crippen LogP contribution in [-0.4, -0.2) is 146 Å². The van der Waals surface area contributed by atoms with Crippen molar-refractivity contribution in [3.8, 4) is 11.5 Å². The standard InChI is InChI=1S/C50H58N14O12S/c1-6-31-42(76-26(4)54-31)46(70)58-50-56-33-18-29(44(53)68)20-36(75-15-11-27-22-60(23-27)38(65)10-14-61-39(66)21-37(47(61)71)77-24-30(51)48(72)73)41(33)63(50)13-9-8-12-62-40-32(17-28(43(52)67)19-35(40)74-5)55-49(62)57-45(69)34-16-25(3)59-64(34)7-2/h8-9,16-20,27,30,37H,6-7,10-15,21-24,51H2,1-5H3,(H2,52,67)(H2,53,68)(H,72,73)(H,55,57,69)(H,56,58,70)/b9-8+/t30-,37?/m0/s1. The van der Waals surface area contributed by atoms with E-state index < -0.39 is 52.7 Å². The number of nitrogens with one attached hydrogen (secondary N) is 2. The fourth-order valence-electron chi connectivity index (χ4n) is 9.06. The third kappa shape index (κ3) is 11.8. The summed E-state index contributed by atoms with van der Waals surface area (Å²) in [6, 6.07) is 6.42. The summed E-state index contributed by atoms with van der Waals surface area (Å²) in [5, 5.41) is 18.4. The molecule has 2 saturated heterocycles. The number of imide groups is 1. The molecule has 1 unspecified atom stereocenters. The monoisotopic (exact) mass is 1080 g/mol. The summed E-state index contributed by atoms with van der Waals surface area (Å²) in [6.45, 7) is 8.49. The van der Waals surface area contributed by atoms with Crippen LogP contribution in [0.3, 0.4) is 0 Å². The zero-order chi connectivity index (χ0) is 55.4. The smallest absolute Gasteiger partial charge is 0.321 e. The minimum Gasteiger partial charge on any atom is -0.494 e. The molecule has 26 nitrogen and oxygen atoms in total. The molecule has 0 saturated carbocycles. The predicted molar refractivity (Wildman–Crippen MR) is 279 cm³/mol. The molecule has 0 bridgehead atoms. The maximum absolute atomic E-state index is 13.9. The van der Waals surface area contributed by atoms with E-state index in [0.29, 0.717) is 72.0 Å². The van der Waals surface area contributed by atoms with E-state index in [-0.39, 0.29) is 102 Å². The summed E-state index contributed by atoms with van der Waals surface area (Å²) in [5.41, 5.74) is 20.0. The molecule has 0 aliphatic carbocycles. The number of carboxylic acids is 1. The average Bonchev–Trinajstić information content (AvgIpc) is 4.27. The topological polar surface area (TPSA) is 363 Å². The Kier molecular flexibility index (Phi) is 16.4. The van der Waals surface area contributed by atoms with Gasteiger partial charge in [-0.3, -0.25) is 58.6 Å². The lowest BCUT2D eigenvalue weighted by atomic mass is 9.96. The number of imidazole rings is 2. The average molecular weight is 1080 g/mol. The second-order valence-corrected chi connectivity index (χ2v) is 19.6. The van der Waals surface area contributed by atoms with E-state index in [9.17, 15) is 38.4 Å². The number of amides is 7. The van der Waals surface area contributed by atoms with Gasteiger partial charge in [-0.05, 0) is 62.9 Å². The number of rotatable bonds is 24. The molecule has 2 atom stereocenters. The number of hydrogen-bond acceptors (Lipinski definition) is 17. The summed E-state index contributed by atoms with van der Waals surface area (Å²) >= 11 is 1.01. The largest absolute Gasteiger partial charge is 0.494 e. The van der Waals surface area contributed by atoms with Crippen LogP contribution in [0, 0.1) is 19.8 Å². The quantitative estimate of drug-likeness (QED) is 0.0375. The third-order valence-electron chi connectivity index (χ3n) is 13.0. The number of carbonyl (C=O) groups is 8. The maximum Gasteiger partial charge on any atom is 0.321 e. The zero-order valence-corrected chi connectivity index (χ0v) is 43.7. The van der Waals surface area contributed by atoms with Crippen molar-refractivity contribution < 1.29 is 57.4 Å². The van der Waals surface area contributed by atoms with E-state index in [0.717, 1.165) is 16.7 Å². The van der Waals surface area contributed by atoms with E-state index in [1.807, 2.05) is 13.8 Å². The fraction of sp³-hybridized carbons (Fsp3) is 0.400. The van der Waals surface area contributed by atoms with Gasteiger partial charge in [0.1, 0.15) is 34.3 Å². The first kappa shape index (κ1) is 54.7. The molecule has 2 aliphatic rings. The number of aryl methyl sites for hydroxylation is 4. The molecule has 9 N–H and O–H groups in total. The Bertz CT molecular complexity index is 3370. The molecule has 0 radical (unpaired) electrons. The number of aromatic nitrogens is 7. The predicted octanol–water partition coefficient (Wildman–Crippen LogP) is 2.63. The highest BCUT2D eigenvalue weighted by Gasteiger charge is 2.40. The third-order valence-corrected chi connectivity index (χ3v) is 14.3. The molecule has 77 heavy (non-hydrogen) atoms. The molecule has 4 aromatic heterocycles. The van der Waals surface area contributed by atoms with Crippen molar-refractivity contribution >= 4 is 93.0 Å². The number of carbonyl (C=O) groups excluding carboxylic acids is 7. The Morgan fingerprint density at radius 2 is 1.49 bits per heavy atom. The number of carboxylic acid groups (broad SMARTS) is 1. The molecule has 406 valence electrons. The lowest BCUT2D eigenvalue weighted by Crippen LogP contribution is -2.51. The van der Waals surface area contributed by atoms with Gasteiger partial charge in [-0.15, -0.1) is 11.8 Å². The lowest BCUT2D eigenvalue weighted by Gasteiger charge is -2.39.